The largest absolute Gasteiger partial charge is 0.370 e. The molecular formula is C14H23ClN4. The molecule has 1 aliphatic heterocycles. The van der Waals surface area contributed by atoms with Crippen molar-refractivity contribution in [3.05, 3.63) is 16.5 Å². The predicted molar refractivity (Wildman–Crippen MR) is 79.9 cm³/mol. The minimum Gasteiger partial charge on any atom is -0.370 e. The maximum Gasteiger partial charge on any atom is 0.137 e. The third-order valence-electron chi connectivity index (χ3n) is 3.59. The highest BCUT2D eigenvalue weighted by Gasteiger charge is 2.11. The molecule has 1 aliphatic rings. The summed E-state index contributed by atoms with van der Waals surface area (Å²) in [5, 5.41) is 3.95. The van der Waals surface area contributed by atoms with Crippen LogP contribution < -0.4 is 5.32 Å². The highest BCUT2D eigenvalue weighted by Crippen LogP contribution is 2.20. The van der Waals surface area contributed by atoms with Crippen LogP contribution in [0.5, 0.6) is 0 Å². The van der Waals surface area contributed by atoms with E-state index in [1.54, 1.807) is 0 Å². The third kappa shape index (κ3) is 4.05. The first-order chi connectivity index (χ1) is 9.20. The van der Waals surface area contributed by atoms with Gasteiger partial charge in [0.25, 0.3) is 0 Å². The SMILES string of the molecule is CCc1nc(Cl)c(C)c(NCCCN2CCCC2)n1. The van der Waals surface area contributed by atoms with Crippen molar-refractivity contribution in [3.8, 4) is 0 Å². The predicted octanol–water partition coefficient (Wildman–Crippen LogP) is 2.90. The molecule has 4 nitrogen and oxygen atoms in total. The zero-order valence-corrected chi connectivity index (χ0v) is 12.6. The molecule has 5 heteroatoms. The fourth-order valence-corrected chi connectivity index (χ4v) is 2.57. The van der Waals surface area contributed by atoms with Gasteiger partial charge in [0.1, 0.15) is 16.8 Å². The molecule has 0 atom stereocenters. The fourth-order valence-electron chi connectivity index (χ4n) is 2.38. The molecular weight excluding hydrogens is 260 g/mol. The fraction of sp³-hybridized carbons (Fsp3) is 0.714. The van der Waals surface area contributed by atoms with Gasteiger partial charge in [0.2, 0.25) is 0 Å². The third-order valence-corrected chi connectivity index (χ3v) is 3.96. The molecule has 2 rings (SSSR count). The lowest BCUT2D eigenvalue weighted by Gasteiger charge is -2.15. The van der Waals surface area contributed by atoms with E-state index in [1.807, 2.05) is 13.8 Å². The van der Waals surface area contributed by atoms with E-state index in [-0.39, 0.29) is 0 Å². The Labute approximate surface area is 120 Å². The van der Waals surface area contributed by atoms with Gasteiger partial charge in [-0.2, -0.15) is 0 Å². The molecule has 0 radical (unpaired) electrons. The first-order valence-corrected chi connectivity index (χ1v) is 7.57. The minimum atomic E-state index is 0.564. The summed E-state index contributed by atoms with van der Waals surface area (Å²) in [6.45, 7) is 8.64. The van der Waals surface area contributed by atoms with Gasteiger partial charge in [-0.05, 0) is 45.8 Å². The Hall–Kier alpha value is -0.870. The zero-order chi connectivity index (χ0) is 13.7. The van der Waals surface area contributed by atoms with Crippen molar-refractivity contribution in [3.63, 3.8) is 0 Å². The van der Waals surface area contributed by atoms with Gasteiger partial charge in [-0.25, -0.2) is 9.97 Å². The van der Waals surface area contributed by atoms with Crippen LogP contribution in [0.3, 0.4) is 0 Å². The topological polar surface area (TPSA) is 41.1 Å². The first-order valence-electron chi connectivity index (χ1n) is 7.20. The zero-order valence-electron chi connectivity index (χ0n) is 11.9. The average molecular weight is 283 g/mol. The number of nitrogens with one attached hydrogen (secondary N) is 1. The lowest BCUT2D eigenvalue weighted by atomic mass is 10.3. The second-order valence-electron chi connectivity index (χ2n) is 5.09. The summed E-state index contributed by atoms with van der Waals surface area (Å²) in [4.78, 5) is 11.3. The number of nitrogens with zero attached hydrogens (tertiary/aromatic N) is 3. The first kappa shape index (κ1) is 14.5. The molecule has 106 valence electrons. The second kappa shape index (κ2) is 7.06. The Morgan fingerprint density at radius 3 is 2.68 bits per heavy atom. The Kier molecular flexibility index (Phi) is 5.40. The van der Waals surface area contributed by atoms with E-state index in [2.05, 4.69) is 20.2 Å². The quantitative estimate of drug-likeness (QED) is 0.643. The second-order valence-corrected chi connectivity index (χ2v) is 5.44. The molecule has 1 aromatic heterocycles. The molecule has 1 N–H and O–H groups in total. The molecule has 0 bridgehead atoms. The number of likely N-dealkylation sites (tertiary alicyclic amines) is 1. The van der Waals surface area contributed by atoms with Gasteiger partial charge in [0.05, 0.1) is 0 Å². The van der Waals surface area contributed by atoms with Crippen molar-refractivity contribution in [2.75, 3.05) is 31.5 Å². The van der Waals surface area contributed by atoms with Crippen LogP contribution in [0.2, 0.25) is 5.15 Å². The lowest BCUT2D eigenvalue weighted by Crippen LogP contribution is -2.22. The van der Waals surface area contributed by atoms with Crippen molar-refractivity contribution in [2.24, 2.45) is 0 Å². The van der Waals surface area contributed by atoms with Crippen LogP contribution in [-0.2, 0) is 6.42 Å². The molecule has 0 aliphatic carbocycles. The molecule has 0 saturated carbocycles. The Morgan fingerprint density at radius 1 is 1.26 bits per heavy atom. The van der Waals surface area contributed by atoms with E-state index in [0.29, 0.717) is 5.15 Å². The summed E-state index contributed by atoms with van der Waals surface area (Å²) in [6, 6.07) is 0. The van der Waals surface area contributed by atoms with E-state index < -0.39 is 0 Å². The summed E-state index contributed by atoms with van der Waals surface area (Å²) in [6.07, 6.45) is 4.66. The van der Waals surface area contributed by atoms with E-state index in [9.17, 15) is 0 Å². The summed E-state index contributed by atoms with van der Waals surface area (Å²) >= 11 is 6.11. The molecule has 0 spiro atoms. The number of aromatic nitrogens is 2. The normalized spacial score (nSPS) is 15.9. The molecule has 1 aromatic rings. The Balaban J connectivity index is 1.82. The van der Waals surface area contributed by atoms with Gasteiger partial charge in [0, 0.05) is 18.5 Å². The van der Waals surface area contributed by atoms with Gasteiger partial charge in [0.15, 0.2) is 0 Å². The van der Waals surface area contributed by atoms with Crippen molar-refractivity contribution >= 4 is 17.4 Å². The number of aryl methyl sites for hydroxylation is 1. The number of hydrogen-bond donors (Lipinski definition) is 1. The van der Waals surface area contributed by atoms with Crippen molar-refractivity contribution in [2.45, 2.75) is 39.5 Å². The lowest BCUT2D eigenvalue weighted by molar-refractivity contribution is 0.337. The van der Waals surface area contributed by atoms with Crippen LogP contribution in [0.25, 0.3) is 0 Å². The van der Waals surface area contributed by atoms with E-state index in [1.165, 1.54) is 32.5 Å². The van der Waals surface area contributed by atoms with Crippen LogP contribution in [-0.4, -0.2) is 41.0 Å². The maximum atomic E-state index is 6.11. The Morgan fingerprint density at radius 2 is 2.00 bits per heavy atom. The van der Waals surface area contributed by atoms with Gasteiger partial charge >= 0.3 is 0 Å². The highest BCUT2D eigenvalue weighted by molar-refractivity contribution is 6.30. The average Bonchev–Trinajstić information content (AvgIpc) is 2.92. The summed E-state index contributed by atoms with van der Waals surface area (Å²) in [7, 11) is 0. The van der Waals surface area contributed by atoms with E-state index in [4.69, 9.17) is 11.6 Å². The monoisotopic (exact) mass is 282 g/mol. The van der Waals surface area contributed by atoms with Crippen molar-refractivity contribution < 1.29 is 0 Å². The van der Waals surface area contributed by atoms with E-state index in [0.717, 1.165) is 36.6 Å². The molecule has 0 aromatic carbocycles. The van der Waals surface area contributed by atoms with Gasteiger partial charge in [-0.1, -0.05) is 18.5 Å². The molecule has 0 unspecified atom stereocenters. The van der Waals surface area contributed by atoms with Crippen LogP contribution in [0.1, 0.15) is 37.6 Å². The summed E-state index contributed by atoms with van der Waals surface area (Å²) in [5.41, 5.74) is 0.944. The van der Waals surface area contributed by atoms with Crippen molar-refractivity contribution in [1.82, 2.24) is 14.9 Å². The molecule has 1 saturated heterocycles. The molecule has 1 fully saturated rings. The van der Waals surface area contributed by atoms with Gasteiger partial charge < -0.3 is 10.2 Å². The van der Waals surface area contributed by atoms with Gasteiger partial charge in [-0.3, -0.25) is 0 Å². The van der Waals surface area contributed by atoms with E-state index >= 15 is 0 Å². The number of rotatable bonds is 6. The molecule has 2 heterocycles. The molecule has 0 amide bonds. The number of halogens is 1. The Bertz CT molecular complexity index is 416. The molecule has 19 heavy (non-hydrogen) atoms. The van der Waals surface area contributed by atoms with Crippen LogP contribution >= 0.6 is 11.6 Å². The number of hydrogen-bond acceptors (Lipinski definition) is 4. The standard InChI is InChI=1S/C14H23ClN4/c1-3-12-17-13(15)11(2)14(18-12)16-7-6-10-19-8-4-5-9-19/h3-10H2,1-2H3,(H,16,17,18). The summed E-state index contributed by atoms with van der Waals surface area (Å²) in [5.74, 6) is 1.69. The van der Waals surface area contributed by atoms with Crippen molar-refractivity contribution in [1.29, 1.82) is 0 Å². The van der Waals surface area contributed by atoms with Crippen LogP contribution in [0, 0.1) is 6.92 Å². The highest BCUT2D eigenvalue weighted by atomic mass is 35.5. The summed E-state index contributed by atoms with van der Waals surface area (Å²) < 4.78 is 0. The van der Waals surface area contributed by atoms with Gasteiger partial charge in [-0.15, -0.1) is 0 Å². The minimum absolute atomic E-state index is 0.564. The maximum absolute atomic E-state index is 6.11. The van der Waals surface area contributed by atoms with Crippen LogP contribution in [0.4, 0.5) is 5.82 Å². The van der Waals surface area contributed by atoms with Crippen LogP contribution in [0.15, 0.2) is 0 Å². The number of anilines is 1. The smallest absolute Gasteiger partial charge is 0.137 e.